The van der Waals surface area contributed by atoms with E-state index in [4.69, 9.17) is 16.7 Å². The summed E-state index contributed by atoms with van der Waals surface area (Å²) in [5, 5.41) is 9.58. The fourth-order valence-electron chi connectivity index (χ4n) is 2.21. The van der Waals surface area contributed by atoms with Crippen LogP contribution in [-0.4, -0.2) is 41.6 Å². The van der Waals surface area contributed by atoms with Crippen molar-refractivity contribution < 1.29 is 14.7 Å². The third kappa shape index (κ3) is 4.63. The van der Waals surface area contributed by atoms with Crippen LogP contribution < -0.4 is 4.90 Å². The van der Waals surface area contributed by atoms with Crippen LogP contribution in [0.3, 0.4) is 0 Å². The molecule has 0 heterocycles. The Morgan fingerprint density at radius 2 is 1.71 bits per heavy atom. The second-order valence-electron chi connectivity index (χ2n) is 4.82. The summed E-state index contributed by atoms with van der Waals surface area (Å²) >= 11 is 5.83. The van der Waals surface area contributed by atoms with Gasteiger partial charge in [0, 0.05) is 23.8 Å². The number of aliphatic carboxylic acids is 1. The molecule has 0 aliphatic carbocycles. The number of benzene rings is 1. The number of amides is 2. The van der Waals surface area contributed by atoms with Gasteiger partial charge < -0.3 is 10.0 Å². The second kappa shape index (κ2) is 7.88. The summed E-state index contributed by atoms with van der Waals surface area (Å²) < 4.78 is 0. The molecule has 0 aliphatic rings. The maximum atomic E-state index is 12.6. The molecule has 1 aromatic carbocycles. The van der Waals surface area contributed by atoms with E-state index in [9.17, 15) is 9.59 Å². The Kier molecular flexibility index (Phi) is 6.49. The smallest absolute Gasteiger partial charge is 0.325 e. The minimum atomic E-state index is -1.06. The molecule has 1 rings (SSSR count). The quantitative estimate of drug-likeness (QED) is 0.875. The summed E-state index contributed by atoms with van der Waals surface area (Å²) in [5.74, 6) is -1.06. The van der Waals surface area contributed by atoms with Crippen molar-refractivity contribution in [3.63, 3.8) is 0 Å². The van der Waals surface area contributed by atoms with Crippen LogP contribution in [0.15, 0.2) is 24.3 Å². The summed E-state index contributed by atoms with van der Waals surface area (Å²) in [6.45, 7) is 3.62. The zero-order chi connectivity index (χ0) is 16.0. The normalized spacial score (nSPS) is 10.5. The average Bonchev–Trinajstić information content (AvgIpc) is 2.46. The number of anilines is 1. The predicted molar refractivity (Wildman–Crippen MR) is 84.0 cm³/mol. The second-order valence-corrected chi connectivity index (χ2v) is 5.26. The first kappa shape index (κ1) is 17.3. The lowest BCUT2D eigenvalue weighted by molar-refractivity contribution is -0.135. The van der Waals surface area contributed by atoms with E-state index in [1.165, 1.54) is 4.90 Å². The molecule has 0 spiro atoms. The van der Waals surface area contributed by atoms with E-state index >= 15 is 0 Å². The maximum Gasteiger partial charge on any atom is 0.325 e. The largest absolute Gasteiger partial charge is 0.480 e. The van der Waals surface area contributed by atoms with Crippen LogP contribution in [0.2, 0.25) is 5.02 Å². The molecule has 0 bridgehead atoms. The summed E-state index contributed by atoms with van der Waals surface area (Å²) in [4.78, 5) is 26.5. The van der Waals surface area contributed by atoms with Gasteiger partial charge in [0.1, 0.15) is 6.54 Å². The molecule has 0 unspecified atom stereocenters. The van der Waals surface area contributed by atoms with Crippen molar-refractivity contribution in [3.8, 4) is 0 Å². The lowest BCUT2D eigenvalue weighted by Crippen LogP contribution is -2.47. The number of carboxylic acid groups (broad SMARTS) is 1. The topological polar surface area (TPSA) is 60.9 Å². The van der Waals surface area contributed by atoms with Gasteiger partial charge in [0.15, 0.2) is 0 Å². The third-order valence-corrected chi connectivity index (χ3v) is 3.71. The third-order valence-electron chi connectivity index (χ3n) is 3.45. The fraction of sp³-hybridized carbons (Fsp3) is 0.467. The number of hydrogen-bond donors (Lipinski definition) is 1. The van der Waals surface area contributed by atoms with Crippen LogP contribution in [0.4, 0.5) is 10.5 Å². The highest BCUT2D eigenvalue weighted by molar-refractivity contribution is 6.30. The molecule has 0 saturated carbocycles. The number of urea groups is 1. The van der Waals surface area contributed by atoms with E-state index in [0.717, 1.165) is 12.8 Å². The lowest BCUT2D eigenvalue weighted by Gasteiger charge is -2.32. The molecule has 0 aliphatic heterocycles. The first-order chi connectivity index (χ1) is 9.90. The van der Waals surface area contributed by atoms with Crippen molar-refractivity contribution in [2.75, 3.05) is 18.5 Å². The number of carbonyl (C=O) groups excluding carboxylic acids is 1. The number of halogens is 1. The fourth-order valence-corrected chi connectivity index (χ4v) is 2.33. The molecule has 0 saturated heterocycles. The van der Waals surface area contributed by atoms with Crippen LogP contribution in [0.1, 0.15) is 26.7 Å². The highest BCUT2D eigenvalue weighted by Gasteiger charge is 2.25. The molecule has 5 nitrogen and oxygen atoms in total. The van der Waals surface area contributed by atoms with Gasteiger partial charge in [-0.15, -0.1) is 0 Å². The van der Waals surface area contributed by atoms with Crippen molar-refractivity contribution in [3.05, 3.63) is 29.3 Å². The Balaban J connectivity index is 3.04. The van der Waals surface area contributed by atoms with Gasteiger partial charge in [-0.2, -0.15) is 0 Å². The summed E-state index contributed by atoms with van der Waals surface area (Å²) in [6.07, 6.45) is 1.64. The molecule has 2 amide bonds. The molecule has 0 aromatic heterocycles. The SMILES string of the molecule is CCC(CC)N(C)C(=O)N(CC(=O)O)c1ccc(Cl)cc1. The molecular weight excluding hydrogens is 292 g/mol. The Hall–Kier alpha value is -1.75. The first-order valence-corrected chi connectivity index (χ1v) is 7.30. The van der Waals surface area contributed by atoms with Gasteiger partial charge in [-0.25, -0.2) is 4.79 Å². The Morgan fingerprint density at radius 1 is 1.19 bits per heavy atom. The minimum Gasteiger partial charge on any atom is -0.480 e. The van der Waals surface area contributed by atoms with Crippen LogP contribution >= 0.6 is 11.6 Å². The maximum absolute atomic E-state index is 12.6. The minimum absolute atomic E-state index is 0.0843. The van der Waals surface area contributed by atoms with Crippen LogP contribution in [-0.2, 0) is 4.79 Å². The standard InChI is InChI=1S/C15H21ClN2O3/c1-4-12(5-2)17(3)15(21)18(10-14(19)20)13-8-6-11(16)7-9-13/h6-9,12H,4-5,10H2,1-3H3,(H,19,20). The average molecular weight is 313 g/mol. The highest BCUT2D eigenvalue weighted by Crippen LogP contribution is 2.20. The van der Waals surface area contributed by atoms with Gasteiger partial charge in [-0.3, -0.25) is 9.69 Å². The first-order valence-electron chi connectivity index (χ1n) is 6.92. The zero-order valence-corrected chi connectivity index (χ0v) is 13.3. The van der Waals surface area contributed by atoms with Gasteiger partial charge in [-0.05, 0) is 37.1 Å². The van der Waals surface area contributed by atoms with Crippen molar-refractivity contribution >= 4 is 29.3 Å². The van der Waals surface area contributed by atoms with Gasteiger partial charge >= 0.3 is 12.0 Å². The Labute approximate surface area is 130 Å². The number of carbonyl (C=O) groups is 2. The molecular formula is C15H21ClN2O3. The number of carboxylic acids is 1. The van der Waals surface area contributed by atoms with Crippen molar-refractivity contribution in [1.29, 1.82) is 0 Å². The summed E-state index contributed by atoms with van der Waals surface area (Å²) in [7, 11) is 1.70. The van der Waals surface area contributed by atoms with Crippen LogP contribution in [0.5, 0.6) is 0 Å². The number of nitrogens with zero attached hydrogens (tertiary/aromatic N) is 2. The van der Waals surface area contributed by atoms with Gasteiger partial charge in [0.2, 0.25) is 0 Å². The van der Waals surface area contributed by atoms with E-state index in [2.05, 4.69) is 0 Å². The summed E-state index contributed by atoms with van der Waals surface area (Å²) in [5.41, 5.74) is 0.518. The monoisotopic (exact) mass is 312 g/mol. The van der Waals surface area contributed by atoms with E-state index in [-0.39, 0.29) is 18.6 Å². The molecule has 116 valence electrons. The number of rotatable bonds is 6. The zero-order valence-electron chi connectivity index (χ0n) is 12.5. The van der Waals surface area contributed by atoms with Crippen LogP contribution in [0, 0.1) is 0 Å². The van der Waals surface area contributed by atoms with E-state index in [1.54, 1.807) is 36.2 Å². The molecule has 0 fully saturated rings. The van der Waals surface area contributed by atoms with Gasteiger partial charge in [0.05, 0.1) is 0 Å². The molecule has 0 radical (unpaired) electrons. The molecule has 0 atom stereocenters. The molecule has 1 aromatic rings. The number of hydrogen-bond acceptors (Lipinski definition) is 2. The van der Waals surface area contributed by atoms with Crippen molar-refractivity contribution in [2.45, 2.75) is 32.7 Å². The Bertz CT molecular complexity index is 486. The van der Waals surface area contributed by atoms with E-state index in [1.807, 2.05) is 13.8 Å². The molecule has 6 heteroatoms. The van der Waals surface area contributed by atoms with E-state index in [0.29, 0.717) is 10.7 Å². The molecule has 1 N–H and O–H groups in total. The van der Waals surface area contributed by atoms with Gasteiger partial charge in [-0.1, -0.05) is 25.4 Å². The predicted octanol–water partition coefficient (Wildman–Crippen LogP) is 3.47. The van der Waals surface area contributed by atoms with Gasteiger partial charge in [0.25, 0.3) is 0 Å². The van der Waals surface area contributed by atoms with E-state index < -0.39 is 5.97 Å². The Morgan fingerprint density at radius 3 is 2.14 bits per heavy atom. The van der Waals surface area contributed by atoms with Crippen molar-refractivity contribution in [2.24, 2.45) is 0 Å². The van der Waals surface area contributed by atoms with Crippen molar-refractivity contribution in [1.82, 2.24) is 4.90 Å². The summed E-state index contributed by atoms with van der Waals surface area (Å²) in [6, 6.07) is 6.31. The highest BCUT2D eigenvalue weighted by atomic mass is 35.5. The van der Waals surface area contributed by atoms with Crippen LogP contribution in [0.25, 0.3) is 0 Å². The lowest BCUT2D eigenvalue weighted by atomic mass is 10.1. The molecule has 21 heavy (non-hydrogen) atoms.